The number of piperidine rings is 1. The quantitative estimate of drug-likeness (QED) is 0.733. The lowest BCUT2D eigenvalue weighted by atomic mass is 9.66. The molecular weight excluding hydrogens is 444 g/mol. The van der Waals surface area contributed by atoms with Gasteiger partial charge in [0, 0.05) is 43.3 Å². The standard InChI is InChI=1S/C27H34N4O4/c32-23-16-22(21-6-2-1-3-7-21)28-20-30(23)18-27(34)11-13-29(17-25(27)8-4-5-9-25)24(33)31-14-10-26(31)12-15-35-19-26/h1-3,6-7,16,20,34H,4-5,8-15,17-19H2. The van der Waals surface area contributed by atoms with Crippen LogP contribution in [-0.4, -0.2) is 74.5 Å². The van der Waals surface area contributed by atoms with Gasteiger partial charge in [-0.1, -0.05) is 43.2 Å². The van der Waals surface area contributed by atoms with E-state index in [4.69, 9.17) is 4.74 Å². The van der Waals surface area contributed by atoms with Crippen molar-refractivity contribution in [2.24, 2.45) is 5.41 Å². The maximum absolute atomic E-state index is 13.5. The number of carbonyl (C=O) groups is 1. The van der Waals surface area contributed by atoms with Gasteiger partial charge < -0.3 is 19.6 Å². The summed E-state index contributed by atoms with van der Waals surface area (Å²) >= 11 is 0. The molecule has 4 fully saturated rings. The van der Waals surface area contributed by atoms with Gasteiger partial charge in [-0.3, -0.25) is 9.36 Å². The maximum atomic E-state index is 13.5. The maximum Gasteiger partial charge on any atom is 0.320 e. The zero-order valence-electron chi connectivity index (χ0n) is 20.2. The van der Waals surface area contributed by atoms with Crippen LogP contribution in [-0.2, 0) is 11.3 Å². The first-order chi connectivity index (χ1) is 16.9. The second-order valence-corrected chi connectivity index (χ2v) is 11.0. The lowest BCUT2D eigenvalue weighted by molar-refractivity contribution is -0.139. The molecule has 0 radical (unpaired) electrons. The summed E-state index contributed by atoms with van der Waals surface area (Å²) < 4.78 is 7.17. The van der Waals surface area contributed by atoms with Gasteiger partial charge in [0.15, 0.2) is 0 Å². The van der Waals surface area contributed by atoms with Crippen molar-refractivity contribution < 1.29 is 14.6 Å². The smallest absolute Gasteiger partial charge is 0.320 e. The van der Waals surface area contributed by atoms with Crippen molar-refractivity contribution in [1.82, 2.24) is 19.4 Å². The van der Waals surface area contributed by atoms with Crippen LogP contribution in [0, 0.1) is 5.41 Å². The van der Waals surface area contributed by atoms with Crippen LogP contribution in [0.3, 0.4) is 0 Å². The molecule has 186 valence electrons. The third-order valence-electron chi connectivity index (χ3n) is 9.17. The Hall–Kier alpha value is -2.71. The monoisotopic (exact) mass is 478 g/mol. The second kappa shape index (κ2) is 8.45. The fraction of sp³-hybridized carbons (Fsp3) is 0.593. The molecule has 8 nitrogen and oxygen atoms in total. The Morgan fingerprint density at radius 2 is 1.86 bits per heavy atom. The van der Waals surface area contributed by atoms with Crippen LogP contribution in [0.4, 0.5) is 4.79 Å². The van der Waals surface area contributed by atoms with Crippen molar-refractivity contribution in [3.8, 4) is 11.3 Å². The number of hydrogen-bond donors (Lipinski definition) is 1. The Bertz CT molecular complexity index is 1150. The molecule has 2 atom stereocenters. The predicted molar refractivity (Wildman–Crippen MR) is 131 cm³/mol. The van der Waals surface area contributed by atoms with Crippen molar-refractivity contribution in [2.75, 3.05) is 32.8 Å². The molecule has 2 spiro atoms. The van der Waals surface area contributed by atoms with Crippen molar-refractivity contribution in [3.05, 3.63) is 53.1 Å². The molecule has 1 aliphatic carbocycles. The first-order valence-electron chi connectivity index (χ1n) is 12.9. The van der Waals surface area contributed by atoms with Gasteiger partial charge in [-0.2, -0.15) is 0 Å². The van der Waals surface area contributed by atoms with E-state index in [1.807, 2.05) is 40.1 Å². The predicted octanol–water partition coefficient (Wildman–Crippen LogP) is 2.89. The molecule has 35 heavy (non-hydrogen) atoms. The lowest BCUT2D eigenvalue weighted by Crippen LogP contribution is -2.69. The van der Waals surface area contributed by atoms with E-state index in [1.165, 1.54) is 0 Å². The first-order valence-corrected chi connectivity index (χ1v) is 12.9. The van der Waals surface area contributed by atoms with Gasteiger partial charge in [-0.15, -0.1) is 0 Å². The highest BCUT2D eigenvalue weighted by atomic mass is 16.5. The normalized spacial score (nSPS) is 29.6. The van der Waals surface area contributed by atoms with Gasteiger partial charge in [0.1, 0.15) is 0 Å². The number of nitrogens with zero attached hydrogens (tertiary/aromatic N) is 4. The number of likely N-dealkylation sites (tertiary alicyclic amines) is 2. The van der Waals surface area contributed by atoms with Crippen LogP contribution in [0.1, 0.15) is 44.9 Å². The van der Waals surface area contributed by atoms with Gasteiger partial charge in [-0.05, 0) is 32.1 Å². The van der Waals surface area contributed by atoms with Crippen molar-refractivity contribution in [3.63, 3.8) is 0 Å². The number of amides is 2. The molecule has 4 heterocycles. The van der Waals surface area contributed by atoms with E-state index >= 15 is 0 Å². The molecule has 2 aromatic rings. The lowest BCUT2D eigenvalue weighted by Gasteiger charge is -2.56. The molecular formula is C27H34N4O4. The zero-order chi connectivity index (χ0) is 24.1. The topological polar surface area (TPSA) is 87.9 Å². The average Bonchev–Trinajstić information content (AvgIpc) is 3.55. The van der Waals surface area contributed by atoms with Crippen LogP contribution < -0.4 is 5.56 Å². The van der Waals surface area contributed by atoms with Crippen molar-refractivity contribution >= 4 is 6.03 Å². The van der Waals surface area contributed by atoms with Crippen LogP contribution in [0.2, 0.25) is 0 Å². The Kier molecular flexibility index (Phi) is 5.49. The SMILES string of the molecule is O=C(N1CCC(O)(Cn2cnc(-c3ccccc3)cc2=O)C2(CCCC2)C1)N1CCC12CCOC2. The molecule has 8 heteroatoms. The number of carbonyl (C=O) groups excluding carboxylic acids is 1. The largest absolute Gasteiger partial charge is 0.387 e. The molecule has 0 bridgehead atoms. The fourth-order valence-electron chi connectivity index (χ4n) is 6.87. The molecule has 2 unspecified atom stereocenters. The fourth-order valence-corrected chi connectivity index (χ4v) is 6.87. The van der Waals surface area contributed by atoms with Gasteiger partial charge >= 0.3 is 6.03 Å². The van der Waals surface area contributed by atoms with Crippen molar-refractivity contribution in [2.45, 2.75) is 62.6 Å². The Morgan fingerprint density at radius 3 is 2.51 bits per heavy atom. The number of urea groups is 1. The summed E-state index contributed by atoms with van der Waals surface area (Å²) in [5, 5.41) is 12.0. The minimum absolute atomic E-state index is 0.0844. The van der Waals surface area contributed by atoms with Crippen LogP contribution in [0.5, 0.6) is 0 Å². The summed E-state index contributed by atoms with van der Waals surface area (Å²) in [6, 6.07) is 11.3. The summed E-state index contributed by atoms with van der Waals surface area (Å²) in [5.74, 6) is 0. The van der Waals surface area contributed by atoms with E-state index in [-0.39, 0.29) is 23.7 Å². The number of rotatable bonds is 3. The van der Waals surface area contributed by atoms with Crippen LogP contribution in [0.15, 0.2) is 47.5 Å². The molecule has 2 amide bonds. The summed E-state index contributed by atoms with van der Waals surface area (Å²) in [6.07, 6.45) is 7.75. The second-order valence-electron chi connectivity index (χ2n) is 11.0. The molecule has 6 rings (SSSR count). The summed E-state index contributed by atoms with van der Waals surface area (Å²) in [4.78, 5) is 35.0. The van der Waals surface area contributed by atoms with E-state index in [0.29, 0.717) is 31.8 Å². The zero-order valence-corrected chi connectivity index (χ0v) is 20.2. The highest BCUT2D eigenvalue weighted by Gasteiger charge is 2.58. The van der Waals surface area contributed by atoms with Gasteiger partial charge in [0.25, 0.3) is 5.56 Å². The Labute approximate surface area is 205 Å². The van der Waals surface area contributed by atoms with E-state index < -0.39 is 11.0 Å². The molecule has 1 saturated carbocycles. The minimum atomic E-state index is -1.05. The highest BCUT2D eigenvalue weighted by Crippen LogP contribution is 2.52. The summed E-state index contributed by atoms with van der Waals surface area (Å²) in [5.41, 5.74) is -0.207. The molecule has 3 saturated heterocycles. The Balaban J connectivity index is 1.22. The molecule has 1 N–H and O–H groups in total. The van der Waals surface area contributed by atoms with E-state index in [0.717, 1.165) is 57.2 Å². The number of benzene rings is 1. The van der Waals surface area contributed by atoms with E-state index in [9.17, 15) is 14.7 Å². The number of ether oxygens (including phenoxy) is 1. The minimum Gasteiger partial charge on any atom is -0.387 e. The molecule has 1 aromatic heterocycles. The third kappa shape index (κ3) is 3.69. The number of aliphatic hydroxyl groups is 1. The number of hydrogen-bond acceptors (Lipinski definition) is 5. The third-order valence-corrected chi connectivity index (χ3v) is 9.17. The molecule has 3 aliphatic heterocycles. The summed E-state index contributed by atoms with van der Waals surface area (Å²) in [7, 11) is 0. The Morgan fingerprint density at radius 1 is 1.06 bits per heavy atom. The van der Waals surface area contributed by atoms with Crippen molar-refractivity contribution in [1.29, 1.82) is 0 Å². The highest BCUT2D eigenvalue weighted by molar-refractivity contribution is 5.77. The van der Waals surface area contributed by atoms with Crippen LogP contribution in [0.25, 0.3) is 11.3 Å². The van der Waals surface area contributed by atoms with Gasteiger partial charge in [0.05, 0.1) is 36.3 Å². The van der Waals surface area contributed by atoms with E-state index in [2.05, 4.69) is 4.98 Å². The van der Waals surface area contributed by atoms with Gasteiger partial charge in [0.2, 0.25) is 0 Å². The van der Waals surface area contributed by atoms with Crippen LogP contribution >= 0.6 is 0 Å². The first kappa shape index (κ1) is 22.7. The van der Waals surface area contributed by atoms with Gasteiger partial charge in [-0.25, -0.2) is 9.78 Å². The number of aromatic nitrogens is 2. The molecule has 1 aromatic carbocycles. The average molecular weight is 479 g/mol. The van der Waals surface area contributed by atoms with E-state index in [1.54, 1.807) is 17.0 Å². The summed E-state index contributed by atoms with van der Waals surface area (Å²) in [6.45, 7) is 3.38. The molecule has 4 aliphatic rings.